The fraction of sp³-hybridized carbons (Fsp3) is 0.833. The van der Waals surface area contributed by atoms with Gasteiger partial charge in [0.25, 0.3) is 0 Å². The van der Waals surface area contributed by atoms with E-state index in [-0.39, 0.29) is 11.6 Å². The van der Waals surface area contributed by atoms with Crippen LogP contribution in [0.2, 0.25) is 18.1 Å². The lowest BCUT2D eigenvalue weighted by molar-refractivity contribution is -0.144. The Hall–Kier alpha value is -1.08. The number of rotatable bonds is 3. The molecule has 6 nitrogen and oxygen atoms in total. The van der Waals surface area contributed by atoms with Crippen LogP contribution in [-0.4, -0.2) is 54.2 Å². The lowest BCUT2D eigenvalue weighted by Gasteiger charge is -2.39. The third-order valence-electron chi connectivity index (χ3n) is 4.09. The largest absolute Gasteiger partial charge is 0.480 e. The number of likely N-dealkylation sites (tertiary alicyclic amines) is 1. The molecular weight excluding hydrogens is 266 g/mol. The van der Waals surface area contributed by atoms with Crippen molar-refractivity contribution in [3.63, 3.8) is 0 Å². The summed E-state index contributed by atoms with van der Waals surface area (Å²) >= 11 is 0. The first-order chi connectivity index (χ1) is 8.47. The molecule has 110 valence electrons. The van der Waals surface area contributed by atoms with Crippen molar-refractivity contribution < 1.29 is 24.2 Å². The van der Waals surface area contributed by atoms with Crippen LogP contribution in [-0.2, 0) is 9.22 Å². The van der Waals surface area contributed by atoms with E-state index in [0.717, 1.165) is 4.90 Å². The SMILES string of the molecule is CC(C)(C)[Si](C)(C)O[C@H]1CCN(C(=O)O)[C@@H]1C(=O)O. The van der Waals surface area contributed by atoms with Gasteiger partial charge in [-0.1, -0.05) is 20.8 Å². The normalized spacial score (nSPS) is 24.6. The Morgan fingerprint density at radius 1 is 1.26 bits per heavy atom. The molecule has 1 aliphatic rings. The minimum atomic E-state index is -2.10. The van der Waals surface area contributed by atoms with Crippen LogP contribution in [0.3, 0.4) is 0 Å². The van der Waals surface area contributed by atoms with Crippen molar-refractivity contribution in [1.82, 2.24) is 4.90 Å². The number of amides is 1. The van der Waals surface area contributed by atoms with Crippen molar-refractivity contribution in [1.29, 1.82) is 0 Å². The second-order valence-corrected chi connectivity index (χ2v) is 11.2. The zero-order valence-electron chi connectivity index (χ0n) is 12.1. The molecular formula is C12H23NO5Si. The van der Waals surface area contributed by atoms with E-state index in [1.807, 2.05) is 13.1 Å². The number of carboxylic acids is 1. The van der Waals surface area contributed by atoms with Crippen LogP contribution in [0, 0.1) is 0 Å². The van der Waals surface area contributed by atoms with E-state index in [4.69, 9.17) is 9.53 Å². The minimum absolute atomic E-state index is 0.0350. The highest BCUT2D eigenvalue weighted by Gasteiger charge is 2.48. The molecule has 0 saturated carbocycles. The minimum Gasteiger partial charge on any atom is -0.480 e. The van der Waals surface area contributed by atoms with Crippen LogP contribution in [0.25, 0.3) is 0 Å². The van der Waals surface area contributed by atoms with E-state index in [9.17, 15) is 14.7 Å². The van der Waals surface area contributed by atoms with Gasteiger partial charge in [0.2, 0.25) is 0 Å². The van der Waals surface area contributed by atoms with Gasteiger partial charge < -0.3 is 14.6 Å². The summed E-state index contributed by atoms with van der Waals surface area (Å²) in [5.41, 5.74) is 0. The molecule has 1 fully saturated rings. The summed E-state index contributed by atoms with van der Waals surface area (Å²) in [7, 11) is -2.10. The number of carbonyl (C=O) groups is 2. The first-order valence-corrected chi connectivity index (χ1v) is 9.28. The van der Waals surface area contributed by atoms with Gasteiger partial charge in [-0.2, -0.15) is 0 Å². The van der Waals surface area contributed by atoms with Gasteiger partial charge in [0.05, 0.1) is 6.10 Å². The van der Waals surface area contributed by atoms with Gasteiger partial charge in [0.15, 0.2) is 14.4 Å². The number of hydrogen-bond donors (Lipinski definition) is 2. The van der Waals surface area contributed by atoms with Gasteiger partial charge in [-0.25, -0.2) is 9.59 Å². The van der Waals surface area contributed by atoms with Gasteiger partial charge in [-0.3, -0.25) is 4.90 Å². The van der Waals surface area contributed by atoms with E-state index in [1.54, 1.807) is 0 Å². The van der Waals surface area contributed by atoms with Crippen LogP contribution < -0.4 is 0 Å². The van der Waals surface area contributed by atoms with Crippen LogP contribution in [0.15, 0.2) is 0 Å². The quantitative estimate of drug-likeness (QED) is 0.778. The van der Waals surface area contributed by atoms with Crippen molar-refractivity contribution in [3.05, 3.63) is 0 Å². The highest BCUT2D eigenvalue weighted by molar-refractivity contribution is 6.74. The molecule has 1 aliphatic heterocycles. The molecule has 0 aromatic heterocycles. The number of hydrogen-bond acceptors (Lipinski definition) is 3. The molecule has 0 aliphatic carbocycles. The highest BCUT2D eigenvalue weighted by atomic mass is 28.4. The molecule has 0 spiro atoms. The molecule has 0 aromatic carbocycles. The Morgan fingerprint density at radius 3 is 2.16 bits per heavy atom. The molecule has 0 radical (unpaired) electrons. The Morgan fingerprint density at radius 2 is 1.79 bits per heavy atom. The van der Waals surface area contributed by atoms with Crippen LogP contribution >= 0.6 is 0 Å². The van der Waals surface area contributed by atoms with Crippen LogP contribution in [0.1, 0.15) is 27.2 Å². The smallest absolute Gasteiger partial charge is 0.408 e. The maximum atomic E-state index is 11.3. The molecule has 1 rings (SSSR count). The molecule has 0 unspecified atom stereocenters. The van der Waals surface area contributed by atoms with Crippen molar-refractivity contribution in [2.75, 3.05) is 6.54 Å². The summed E-state index contributed by atoms with van der Waals surface area (Å²) in [5, 5.41) is 18.2. The second-order valence-electron chi connectivity index (χ2n) is 6.46. The summed E-state index contributed by atoms with van der Waals surface area (Å²) in [5.74, 6) is -1.14. The van der Waals surface area contributed by atoms with E-state index in [0.29, 0.717) is 6.42 Å². The van der Waals surface area contributed by atoms with Crippen molar-refractivity contribution in [3.8, 4) is 0 Å². The number of nitrogens with zero attached hydrogens (tertiary/aromatic N) is 1. The molecule has 1 saturated heterocycles. The molecule has 1 heterocycles. The Bertz CT molecular complexity index is 377. The molecule has 7 heteroatoms. The standard InChI is InChI=1S/C12H23NO5Si/c1-12(2,3)19(4,5)18-8-6-7-13(11(16)17)9(8)10(14)15/h8-9H,6-7H2,1-5H3,(H,14,15)(H,16,17)/t8-,9-/m0/s1. The van der Waals surface area contributed by atoms with Crippen molar-refractivity contribution in [2.24, 2.45) is 0 Å². The van der Waals surface area contributed by atoms with Crippen molar-refractivity contribution >= 4 is 20.4 Å². The van der Waals surface area contributed by atoms with E-state index < -0.39 is 32.5 Å². The lowest BCUT2D eigenvalue weighted by Crippen LogP contribution is -2.51. The zero-order chi connectivity index (χ0) is 15.0. The molecule has 2 N–H and O–H groups in total. The Balaban J connectivity index is 2.90. The molecule has 2 atom stereocenters. The molecule has 0 aromatic rings. The van der Waals surface area contributed by atoms with Gasteiger partial charge in [-0.05, 0) is 24.6 Å². The molecule has 0 bridgehead atoms. The monoisotopic (exact) mass is 289 g/mol. The first kappa shape index (κ1) is 16.0. The fourth-order valence-electron chi connectivity index (χ4n) is 1.95. The Kier molecular flexibility index (Phi) is 4.31. The highest BCUT2D eigenvalue weighted by Crippen LogP contribution is 2.39. The third kappa shape index (κ3) is 3.27. The van der Waals surface area contributed by atoms with Gasteiger partial charge >= 0.3 is 12.1 Å². The average Bonchev–Trinajstić information content (AvgIpc) is 2.58. The summed E-state index contributed by atoms with van der Waals surface area (Å²) in [4.78, 5) is 23.3. The maximum Gasteiger partial charge on any atom is 0.408 e. The topological polar surface area (TPSA) is 87.1 Å². The number of carboxylic acid groups (broad SMARTS) is 2. The lowest BCUT2D eigenvalue weighted by atomic mass is 10.2. The fourth-order valence-corrected chi connectivity index (χ4v) is 3.31. The molecule has 19 heavy (non-hydrogen) atoms. The van der Waals surface area contributed by atoms with Crippen LogP contribution in [0.5, 0.6) is 0 Å². The average molecular weight is 289 g/mol. The first-order valence-electron chi connectivity index (χ1n) is 6.37. The van der Waals surface area contributed by atoms with E-state index >= 15 is 0 Å². The van der Waals surface area contributed by atoms with E-state index in [2.05, 4.69) is 20.8 Å². The van der Waals surface area contributed by atoms with Gasteiger partial charge in [-0.15, -0.1) is 0 Å². The second kappa shape index (κ2) is 5.13. The summed E-state index contributed by atoms with van der Waals surface area (Å²) < 4.78 is 6.07. The number of aliphatic carboxylic acids is 1. The maximum absolute atomic E-state index is 11.3. The summed E-state index contributed by atoms with van der Waals surface area (Å²) in [6.07, 6.45) is -1.31. The van der Waals surface area contributed by atoms with Crippen molar-refractivity contribution in [2.45, 2.75) is 57.5 Å². The third-order valence-corrected chi connectivity index (χ3v) is 8.60. The zero-order valence-corrected chi connectivity index (χ0v) is 13.1. The van der Waals surface area contributed by atoms with E-state index in [1.165, 1.54) is 0 Å². The summed E-state index contributed by atoms with van der Waals surface area (Å²) in [6.45, 7) is 10.5. The van der Waals surface area contributed by atoms with Crippen LogP contribution in [0.4, 0.5) is 4.79 Å². The predicted octanol–water partition coefficient (Wildman–Crippen LogP) is 2.21. The van der Waals surface area contributed by atoms with Gasteiger partial charge in [0.1, 0.15) is 0 Å². The predicted molar refractivity (Wildman–Crippen MR) is 72.8 cm³/mol. The molecule has 1 amide bonds. The summed E-state index contributed by atoms with van der Waals surface area (Å²) in [6, 6.07) is -1.09. The Labute approximate surface area is 114 Å². The van der Waals surface area contributed by atoms with Gasteiger partial charge in [0, 0.05) is 6.54 Å².